The van der Waals surface area contributed by atoms with Crippen LogP contribution in [0.3, 0.4) is 0 Å². The van der Waals surface area contributed by atoms with Gasteiger partial charge in [0.1, 0.15) is 0 Å². The molecule has 0 saturated carbocycles. The van der Waals surface area contributed by atoms with Gasteiger partial charge < -0.3 is 10.1 Å². The van der Waals surface area contributed by atoms with Gasteiger partial charge in [-0.15, -0.1) is 0 Å². The quantitative estimate of drug-likeness (QED) is 0.741. The lowest BCUT2D eigenvalue weighted by atomic mass is 10.1. The molecule has 3 unspecified atom stereocenters. The predicted octanol–water partition coefficient (Wildman–Crippen LogP) is 2.26. The van der Waals surface area contributed by atoms with Gasteiger partial charge in [-0.25, -0.2) is 0 Å². The van der Waals surface area contributed by atoms with Crippen molar-refractivity contribution < 1.29 is 4.74 Å². The number of rotatable bonds is 7. The second-order valence-electron chi connectivity index (χ2n) is 5.41. The second kappa shape index (κ2) is 8.06. The van der Waals surface area contributed by atoms with Crippen LogP contribution in [-0.2, 0) is 4.74 Å². The summed E-state index contributed by atoms with van der Waals surface area (Å²) >= 11 is 0. The maximum absolute atomic E-state index is 5.80. The fourth-order valence-electron chi connectivity index (χ4n) is 2.36. The van der Waals surface area contributed by atoms with Crippen LogP contribution in [0.1, 0.15) is 46.5 Å². The molecule has 0 aromatic carbocycles. The van der Waals surface area contributed by atoms with Crippen LogP contribution in [-0.4, -0.2) is 49.8 Å². The average Bonchev–Trinajstić information content (AvgIpc) is 2.36. The van der Waals surface area contributed by atoms with Crippen LogP contribution in [0.5, 0.6) is 0 Å². The summed E-state index contributed by atoms with van der Waals surface area (Å²) in [4.78, 5) is 2.43. The van der Waals surface area contributed by atoms with Crippen LogP contribution in [0.15, 0.2) is 0 Å². The Morgan fingerprint density at radius 3 is 2.71 bits per heavy atom. The Bertz CT molecular complexity index is 193. The Morgan fingerprint density at radius 2 is 2.12 bits per heavy atom. The minimum absolute atomic E-state index is 0.453. The summed E-state index contributed by atoms with van der Waals surface area (Å²) in [6.07, 6.45) is 5.45. The molecule has 1 fully saturated rings. The minimum Gasteiger partial charge on any atom is -0.377 e. The monoisotopic (exact) mass is 242 g/mol. The summed E-state index contributed by atoms with van der Waals surface area (Å²) in [5, 5.41) is 3.57. The fraction of sp³-hybridized carbons (Fsp3) is 1.00. The smallest absolute Gasteiger partial charge is 0.0702 e. The van der Waals surface area contributed by atoms with E-state index in [4.69, 9.17) is 4.74 Å². The van der Waals surface area contributed by atoms with Gasteiger partial charge in [0.05, 0.1) is 6.10 Å². The molecule has 1 aliphatic rings. The molecule has 3 atom stereocenters. The number of hydrogen-bond donors (Lipinski definition) is 1. The van der Waals surface area contributed by atoms with E-state index < -0.39 is 0 Å². The van der Waals surface area contributed by atoms with Crippen LogP contribution in [0.25, 0.3) is 0 Å². The van der Waals surface area contributed by atoms with E-state index in [1.54, 1.807) is 0 Å². The summed E-state index contributed by atoms with van der Waals surface area (Å²) in [7, 11) is 2.22. The van der Waals surface area contributed by atoms with Gasteiger partial charge >= 0.3 is 0 Å². The van der Waals surface area contributed by atoms with Gasteiger partial charge in [-0.3, -0.25) is 4.90 Å². The normalized spacial score (nSPS) is 24.9. The van der Waals surface area contributed by atoms with Gasteiger partial charge in [-0.1, -0.05) is 6.92 Å². The first kappa shape index (κ1) is 14.9. The molecule has 0 aromatic rings. The molecule has 0 bridgehead atoms. The van der Waals surface area contributed by atoms with Crippen LogP contribution >= 0.6 is 0 Å². The molecule has 3 heteroatoms. The van der Waals surface area contributed by atoms with Crippen molar-refractivity contribution >= 4 is 0 Å². The zero-order chi connectivity index (χ0) is 12.7. The van der Waals surface area contributed by atoms with Crippen LogP contribution in [0, 0.1) is 0 Å². The van der Waals surface area contributed by atoms with Gasteiger partial charge in [0, 0.05) is 25.2 Å². The molecule has 1 heterocycles. The third kappa shape index (κ3) is 5.36. The van der Waals surface area contributed by atoms with Gasteiger partial charge in [-0.2, -0.15) is 0 Å². The Balaban J connectivity index is 2.26. The molecular weight excluding hydrogens is 212 g/mol. The molecule has 0 aliphatic carbocycles. The lowest BCUT2D eigenvalue weighted by Crippen LogP contribution is -2.48. The Labute approximate surface area is 107 Å². The topological polar surface area (TPSA) is 24.5 Å². The number of nitrogens with one attached hydrogen (secondary N) is 1. The van der Waals surface area contributed by atoms with Crippen molar-refractivity contribution in [2.45, 2.75) is 64.6 Å². The molecule has 3 nitrogen and oxygen atoms in total. The molecule has 0 aromatic heterocycles. The summed E-state index contributed by atoms with van der Waals surface area (Å²) in [6, 6.07) is 1.11. The molecule has 1 rings (SSSR count). The molecule has 17 heavy (non-hydrogen) atoms. The lowest BCUT2D eigenvalue weighted by molar-refractivity contribution is -0.00906. The highest BCUT2D eigenvalue weighted by atomic mass is 16.5. The fourth-order valence-corrected chi connectivity index (χ4v) is 2.36. The zero-order valence-corrected chi connectivity index (χ0v) is 12.0. The molecule has 1 saturated heterocycles. The summed E-state index contributed by atoms with van der Waals surface area (Å²) in [5.41, 5.74) is 0. The molecule has 1 aliphatic heterocycles. The van der Waals surface area contributed by atoms with Crippen molar-refractivity contribution in [3.05, 3.63) is 0 Å². The number of nitrogens with zero attached hydrogens (tertiary/aromatic N) is 1. The number of hydrogen-bond acceptors (Lipinski definition) is 3. The van der Waals surface area contributed by atoms with Gasteiger partial charge in [0.15, 0.2) is 0 Å². The Kier molecular flexibility index (Phi) is 7.09. The Morgan fingerprint density at radius 1 is 1.35 bits per heavy atom. The molecular formula is C14H30N2O. The van der Waals surface area contributed by atoms with Crippen molar-refractivity contribution in [2.75, 3.05) is 26.7 Å². The van der Waals surface area contributed by atoms with Crippen molar-refractivity contribution in [3.8, 4) is 0 Å². The zero-order valence-electron chi connectivity index (χ0n) is 12.0. The summed E-state index contributed by atoms with van der Waals surface area (Å²) in [6.45, 7) is 9.92. The van der Waals surface area contributed by atoms with E-state index in [0.717, 1.165) is 19.7 Å². The minimum atomic E-state index is 0.453. The second-order valence-corrected chi connectivity index (χ2v) is 5.41. The SMILES string of the molecule is CCCNC(C)C(C)N(C)CC1CCCCO1. The third-order valence-corrected chi connectivity index (χ3v) is 3.90. The van der Waals surface area contributed by atoms with Gasteiger partial charge in [0.25, 0.3) is 0 Å². The highest BCUT2D eigenvalue weighted by molar-refractivity contribution is 4.78. The maximum Gasteiger partial charge on any atom is 0.0702 e. The summed E-state index contributed by atoms with van der Waals surface area (Å²) < 4.78 is 5.80. The first-order chi connectivity index (χ1) is 8.15. The first-order valence-corrected chi connectivity index (χ1v) is 7.20. The van der Waals surface area contributed by atoms with Crippen molar-refractivity contribution in [1.82, 2.24) is 10.2 Å². The number of likely N-dealkylation sites (N-methyl/N-ethyl adjacent to an activating group) is 1. The van der Waals surface area contributed by atoms with Crippen molar-refractivity contribution in [1.29, 1.82) is 0 Å². The van der Waals surface area contributed by atoms with E-state index >= 15 is 0 Å². The van der Waals surface area contributed by atoms with Crippen molar-refractivity contribution in [3.63, 3.8) is 0 Å². The molecule has 0 radical (unpaired) electrons. The van der Waals surface area contributed by atoms with Crippen molar-refractivity contribution in [2.24, 2.45) is 0 Å². The molecule has 1 N–H and O–H groups in total. The highest BCUT2D eigenvalue weighted by Gasteiger charge is 2.21. The molecule has 0 amide bonds. The maximum atomic E-state index is 5.80. The first-order valence-electron chi connectivity index (χ1n) is 7.20. The van der Waals surface area contributed by atoms with Gasteiger partial charge in [0.2, 0.25) is 0 Å². The van der Waals surface area contributed by atoms with Gasteiger partial charge in [-0.05, 0) is 53.1 Å². The lowest BCUT2D eigenvalue weighted by Gasteiger charge is -2.34. The van der Waals surface area contributed by atoms with Crippen LogP contribution in [0.4, 0.5) is 0 Å². The third-order valence-electron chi connectivity index (χ3n) is 3.90. The van der Waals surface area contributed by atoms with E-state index in [-0.39, 0.29) is 0 Å². The molecule has 102 valence electrons. The van der Waals surface area contributed by atoms with E-state index in [1.807, 2.05) is 0 Å². The average molecular weight is 242 g/mol. The predicted molar refractivity (Wildman–Crippen MR) is 73.4 cm³/mol. The summed E-state index contributed by atoms with van der Waals surface area (Å²) in [5.74, 6) is 0. The standard InChI is InChI=1S/C14H30N2O/c1-5-9-15-12(2)13(3)16(4)11-14-8-6-7-10-17-14/h12-15H,5-11H2,1-4H3. The van der Waals surface area contributed by atoms with Crippen LogP contribution < -0.4 is 5.32 Å². The molecule has 0 spiro atoms. The largest absolute Gasteiger partial charge is 0.377 e. The Hall–Kier alpha value is -0.120. The van der Waals surface area contributed by atoms with E-state index in [2.05, 4.69) is 38.0 Å². The van der Waals surface area contributed by atoms with E-state index in [1.165, 1.54) is 25.7 Å². The van der Waals surface area contributed by atoms with E-state index in [9.17, 15) is 0 Å². The highest BCUT2D eigenvalue weighted by Crippen LogP contribution is 2.15. The van der Waals surface area contributed by atoms with E-state index in [0.29, 0.717) is 18.2 Å². The van der Waals surface area contributed by atoms with Crippen LogP contribution in [0.2, 0.25) is 0 Å². The number of ether oxygens (including phenoxy) is 1.